The predicted molar refractivity (Wildman–Crippen MR) is 72.7 cm³/mol. The minimum atomic E-state index is 0.263. The highest BCUT2D eigenvalue weighted by atomic mass is 35.5. The van der Waals surface area contributed by atoms with Crippen molar-refractivity contribution < 1.29 is 14.2 Å². The van der Waals surface area contributed by atoms with E-state index in [9.17, 15) is 0 Å². The van der Waals surface area contributed by atoms with Crippen molar-refractivity contribution in [1.29, 1.82) is 0 Å². The molecule has 18 heavy (non-hydrogen) atoms. The van der Waals surface area contributed by atoms with Crippen LogP contribution in [0.1, 0.15) is 12.5 Å². The zero-order valence-corrected chi connectivity index (χ0v) is 12.0. The van der Waals surface area contributed by atoms with E-state index in [0.717, 1.165) is 5.56 Å². The third kappa shape index (κ3) is 3.77. The lowest BCUT2D eigenvalue weighted by Gasteiger charge is -2.16. The van der Waals surface area contributed by atoms with Gasteiger partial charge in [-0.15, -0.1) is 0 Å². The summed E-state index contributed by atoms with van der Waals surface area (Å²) in [6.45, 7) is 3.37. The monoisotopic (exact) mass is 273 g/mol. The Morgan fingerprint density at radius 3 is 2.50 bits per heavy atom. The molecule has 1 unspecified atom stereocenters. The molecule has 0 radical (unpaired) electrons. The van der Waals surface area contributed by atoms with Crippen LogP contribution in [0.4, 0.5) is 0 Å². The molecule has 1 N–H and O–H groups in total. The standard InChI is InChI=1S/C13H20ClNO3/c1-9(8-16-2)15-7-10-5-6-11(17-3)13(18-4)12(10)14/h5-6,9,15H,7-8H2,1-4H3. The van der Waals surface area contributed by atoms with Gasteiger partial charge in [-0.3, -0.25) is 0 Å². The molecule has 0 spiro atoms. The summed E-state index contributed by atoms with van der Waals surface area (Å²) < 4.78 is 15.5. The minimum absolute atomic E-state index is 0.263. The Labute approximate surface area is 113 Å². The zero-order valence-electron chi connectivity index (χ0n) is 11.2. The van der Waals surface area contributed by atoms with E-state index in [1.807, 2.05) is 12.1 Å². The van der Waals surface area contributed by atoms with Crippen molar-refractivity contribution >= 4 is 11.6 Å². The van der Waals surface area contributed by atoms with Gasteiger partial charge in [-0.25, -0.2) is 0 Å². The second kappa shape index (κ2) is 7.46. The van der Waals surface area contributed by atoms with E-state index >= 15 is 0 Å². The van der Waals surface area contributed by atoms with Crippen molar-refractivity contribution in [3.8, 4) is 11.5 Å². The van der Waals surface area contributed by atoms with Gasteiger partial charge in [0.15, 0.2) is 11.5 Å². The summed E-state index contributed by atoms with van der Waals surface area (Å²) in [5.74, 6) is 1.20. The van der Waals surface area contributed by atoms with Crippen molar-refractivity contribution in [3.05, 3.63) is 22.7 Å². The summed E-state index contributed by atoms with van der Waals surface area (Å²) in [6.07, 6.45) is 0. The molecule has 1 atom stereocenters. The Kier molecular flexibility index (Phi) is 6.25. The number of hydrogen-bond acceptors (Lipinski definition) is 4. The molecule has 102 valence electrons. The Hall–Kier alpha value is -0.970. The van der Waals surface area contributed by atoms with E-state index in [2.05, 4.69) is 12.2 Å². The van der Waals surface area contributed by atoms with Crippen LogP contribution in [-0.2, 0) is 11.3 Å². The van der Waals surface area contributed by atoms with Crippen LogP contribution >= 0.6 is 11.6 Å². The molecule has 1 aromatic carbocycles. The van der Waals surface area contributed by atoms with Gasteiger partial charge in [0.2, 0.25) is 0 Å². The summed E-state index contributed by atoms with van der Waals surface area (Å²) >= 11 is 6.28. The molecule has 0 saturated carbocycles. The fourth-order valence-corrected chi connectivity index (χ4v) is 1.96. The third-order valence-electron chi connectivity index (χ3n) is 2.62. The van der Waals surface area contributed by atoms with Crippen molar-refractivity contribution in [1.82, 2.24) is 5.32 Å². The maximum atomic E-state index is 6.28. The minimum Gasteiger partial charge on any atom is -0.493 e. The lowest BCUT2D eigenvalue weighted by Crippen LogP contribution is -2.29. The van der Waals surface area contributed by atoms with E-state index < -0.39 is 0 Å². The Morgan fingerprint density at radius 1 is 1.22 bits per heavy atom. The van der Waals surface area contributed by atoms with Crippen molar-refractivity contribution in [2.45, 2.75) is 19.5 Å². The van der Waals surface area contributed by atoms with Crippen molar-refractivity contribution in [2.75, 3.05) is 27.9 Å². The van der Waals surface area contributed by atoms with Gasteiger partial charge in [0.25, 0.3) is 0 Å². The van der Waals surface area contributed by atoms with Crippen molar-refractivity contribution in [2.24, 2.45) is 0 Å². The molecule has 0 aromatic heterocycles. The predicted octanol–water partition coefficient (Wildman–Crippen LogP) is 2.48. The number of nitrogens with one attached hydrogen (secondary N) is 1. The first-order valence-corrected chi connectivity index (χ1v) is 6.13. The molecule has 1 aromatic rings. The molecule has 4 nitrogen and oxygen atoms in total. The lowest BCUT2D eigenvalue weighted by molar-refractivity contribution is 0.171. The fraction of sp³-hybridized carbons (Fsp3) is 0.538. The van der Waals surface area contributed by atoms with Crippen LogP contribution in [-0.4, -0.2) is 34.0 Å². The van der Waals surface area contributed by atoms with Gasteiger partial charge in [0.05, 0.1) is 25.8 Å². The van der Waals surface area contributed by atoms with Crippen LogP contribution in [0.2, 0.25) is 5.02 Å². The third-order valence-corrected chi connectivity index (χ3v) is 3.04. The smallest absolute Gasteiger partial charge is 0.179 e. The Bertz CT molecular complexity index is 385. The highest BCUT2D eigenvalue weighted by Gasteiger charge is 2.13. The molecule has 0 saturated heterocycles. The van der Waals surface area contributed by atoms with Gasteiger partial charge >= 0.3 is 0 Å². The SMILES string of the molecule is COCC(C)NCc1ccc(OC)c(OC)c1Cl. The largest absolute Gasteiger partial charge is 0.493 e. The van der Waals surface area contributed by atoms with Crippen molar-refractivity contribution in [3.63, 3.8) is 0 Å². The first-order valence-electron chi connectivity index (χ1n) is 5.75. The normalized spacial score (nSPS) is 12.3. The second-order valence-electron chi connectivity index (χ2n) is 4.01. The van der Waals surface area contributed by atoms with Gasteiger partial charge < -0.3 is 19.5 Å². The first kappa shape index (κ1) is 15.1. The topological polar surface area (TPSA) is 39.7 Å². The van der Waals surface area contributed by atoms with E-state index in [0.29, 0.717) is 29.7 Å². The number of halogens is 1. The van der Waals surface area contributed by atoms with Gasteiger partial charge in [-0.2, -0.15) is 0 Å². The number of ether oxygens (including phenoxy) is 3. The highest BCUT2D eigenvalue weighted by Crippen LogP contribution is 2.37. The van der Waals surface area contributed by atoms with Crippen LogP contribution in [0.5, 0.6) is 11.5 Å². The molecule has 0 heterocycles. The summed E-state index contributed by atoms with van der Waals surface area (Å²) in [6, 6.07) is 4.04. The molecule has 0 amide bonds. The molecule has 5 heteroatoms. The summed E-state index contributed by atoms with van der Waals surface area (Å²) in [5, 5.41) is 3.90. The molecule has 0 aliphatic rings. The maximum absolute atomic E-state index is 6.28. The van der Waals surface area contributed by atoms with E-state index in [-0.39, 0.29) is 6.04 Å². The van der Waals surface area contributed by atoms with Crippen LogP contribution < -0.4 is 14.8 Å². The molecular weight excluding hydrogens is 254 g/mol. The maximum Gasteiger partial charge on any atom is 0.179 e. The van der Waals surface area contributed by atoms with Crippen LogP contribution in [0.15, 0.2) is 12.1 Å². The zero-order chi connectivity index (χ0) is 13.5. The summed E-state index contributed by atoms with van der Waals surface area (Å²) in [5.41, 5.74) is 0.970. The number of hydrogen-bond donors (Lipinski definition) is 1. The summed E-state index contributed by atoms with van der Waals surface area (Å²) in [4.78, 5) is 0. The van der Waals surface area contributed by atoms with Crippen LogP contribution in [0.3, 0.4) is 0 Å². The fourth-order valence-electron chi connectivity index (χ4n) is 1.66. The van der Waals surface area contributed by atoms with Gasteiger partial charge in [0, 0.05) is 19.7 Å². The molecular formula is C13H20ClNO3. The highest BCUT2D eigenvalue weighted by molar-refractivity contribution is 6.33. The Balaban J connectivity index is 2.78. The molecule has 0 aliphatic heterocycles. The number of methoxy groups -OCH3 is 3. The average Bonchev–Trinajstić information content (AvgIpc) is 2.37. The second-order valence-corrected chi connectivity index (χ2v) is 4.39. The molecule has 0 fully saturated rings. The number of rotatable bonds is 7. The first-order chi connectivity index (χ1) is 8.63. The molecule has 0 bridgehead atoms. The van der Waals surface area contributed by atoms with Gasteiger partial charge in [-0.05, 0) is 18.6 Å². The molecule has 1 rings (SSSR count). The Morgan fingerprint density at radius 2 is 1.94 bits per heavy atom. The van der Waals surface area contributed by atoms with E-state index in [1.54, 1.807) is 21.3 Å². The summed E-state index contributed by atoms with van der Waals surface area (Å²) in [7, 11) is 4.85. The molecule has 0 aliphatic carbocycles. The van der Waals surface area contributed by atoms with Gasteiger partial charge in [0.1, 0.15) is 0 Å². The van der Waals surface area contributed by atoms with Crippen LogP contribution in [0, 0.1) is 0 Å². The van der Waals surface area contributed by atoms with E-state index in [1.165, 1.54) is 0 Å². The van der Waals surface area contributed by atoms with Gasteiger partial charge in [-0.1, -0.05) is 17.7 Å². The lowest BCUT2D eigenvalue weighted by atomic mass is 10.2. The van der Waals surface area contributed by atoms with E-state index in [4.69, 9.17) is 25.8 Å². The van der Waals surface area contributed by atoms with Crippen LogP contribution in [0.25, 0.3) is 0 Å². The quantitative estimate of drug-likeness (QED) is 0.829. The average molecular weight is 274 g/mol. The number of benzene rings is 1.